The Morgan fingerprint density at radius 1 is 1.19 bits per heavy atom. The second-order valence-corrected chi connectivity index (χ2v) is 6.30. The van der Waals surface area contributed by atoms with E-state index in [0.717, 1.165) is 32.7 Å². The summed E-state index contributed by atoms with van der Waals surface area (Å²) in [4.78, 5) is 2.26. The van der Waals surface area contributed by atoms with Gasteiger partial charge in [0, 0.05) is 20.9 Å². The first-order valence-electron chi connectivity index (χ1n) is 6.98. The monoisotopic (exact) mass is 321 g/mol. The van der Waals surface area contributed by atoms with E-state index in [1.165, 1.54) is 0 Å². The molecule has 21 heavy (non-hydrogen) atoms. The van der Waals surface area contributed by atoms with Crippen molar-refractivity contribution in [2.24, 2.45) is 0 Å². The molecule has 0 amide bonds. The van der Waals surface area contributed by atoms with E-state index in [2.05, 4.69) is 37.4 Å². The molecule has 0 aliphatic carbocycles. The van der Waals surface area contributed by atoms with E-state index in [1.54, 1.807) is 18.9 Å². The lowest BCUT2D eigenvalue weighted by Crippen LogP contribution is -2.17. The first-order chi connectivity index (χ1) is 10.1. The van der Waals surface area contributed by atoms with E-state index in [-0.39, 0.29) is 6.04 Å². The summed E-state index contributed by atoms with van der Waals surface area (Å²) in [6, 6.07) is 14.5. The first-order valence-corrected chi connectivity index (χ1v) is 8.18. The zero-order valence-electron chi connectivity index (χ0n) is 12.5. The molecule has 1 atom stereocenters. The number of halogens is 1. The molecule has 0 fully saturated rings. The molecule has 0 heterocycles. The lowest BCUT2D eigenvalue weighted by atomic mass is 10.1. The molecule has 0 spiro atoms. The van der Waals surface area contributed by atoms with Crippen molar-refractivity contribution in [2.75, 3.05) is 13.7 Å². The predicted molar refractivity (Wildman–Crippen MR) is 90.7 cm³/mol. The molecule has 0 aliphatic rings. The minimum absolute atomic E-state index is 0.262. The number of rotatable bonds is 6. The van der Waals surface area contributed by atoms with Crippen LogP contribution in [0.5, 0.6) is 5.75 Å². The van der Waals surface area contributed by atoms with Crippen LogP contribution in [0.4, 0.5) is 0 Å². The Hall–Kier alpha value is -1.16. The van der Waals surface area contributed by atoms with Crippen LogP contribution in [-0.2, 0) is 0 Å². The second kappa shape index (κ2) is 7.74. The van der Waals surface area contributed by atoms with E-state index in [1.807, 2.05) is 24.3 Å². The summed E-state index contributed by atoms with van der Waals surface area (Å²) in [5.41, 5.74) is 1.13. The van der Waals surface area contributed by atoms with Gasteiger partial charge in [0.2, 0.25) is 0 Å². The number of ether oxygens (including phenoxy) is 1. The summed E-state index contributed by atoms with van der Waals surface area (Å²) in [6.45, 7) is 5.15. The van der Waals surface area contributed by atoms with E-state index in [9.17, 15) is 0 Å². The molecule has 0 saturated carbocycles. The first kappa shape index (κ1) is 16.2. The van der Waals surface area contributed by atoms with Gasteiger partial charge in [0.25, 0.3) is 0 Å². The third-order valence-corrected chi connectivity index (χ3v) is 4.53. The summed E-state index contributed by atoms with van der Waals surface area (Å²) in [5.74, 6) is 0.864. The van der Waals surface area contributed by atoms with Gasteiger partial charge in [0.1, 0.15) is 5.75 Å². The van der Waals surface area contributed by atoms with Crippen molar-refractivity contribution in [3.8, 4) is 5.75 Å². The fourth-order valence-corrected chi connectivity index (χ4v) is 3.46. The summed E-state index contributed by atoms with van der Waals surface area (Å²) >= 11 is 8.09. The number of methoxy groups -OCH3 is 1. The summed E-state index contributed by atoms with van der Waals surface area (Å²) in [6.07, 6.45) is 0. The normalized spacial score (nSPS) is 12.2. The van der Waals surface area contributed by atoms with Crippen molar-refractivity contribution in [1.82, 2.24) is 5.32 Å². The number of hydrogen-bond donors (Lipinski definition) is 1. The van der Waals surface area contributed by atoms with Crippen molar-refractivity contribution in [3.63, 3.8) is 0 Å². The lowest BCUT2D eigenvalue weighted by Gasteiger charge is -2.15. The van der Waals surface area contributed by atoms with Crippen LogP contribution in [0.15, 0.2) is 52.3 Å². The molecule has 2 aromatic rings. The molecule has 2 aromatic carbocycles. The van der Waals surface area contributed by atoms with Gasteiger partial charge in [0.15, 0.2) is 0 Å². The maximum absolute atomic E-state index is 6.41. The van der Waals surface area contributed by atoms with Gasteiger partial charge in [-0.2, -0.15) is 0 Å². The number of hydrogen-bond acceptors (Lipinski definition) is 3. The zero-order chi connectivity index (χ0) is 15.2. The fourth-order valence-electron chi connectivity index (χ4n) is 2.14. The van der Waals surface area contributed by atoms with Gasteiger partial charge < -0.3 is 10.1 Å². The number of nitrogens with one attached hydrogen (secondary N) is 1. The topological polar surface area (TPSA) is 21.3 Å². The molecule has 112 valence electrons. The van der Waals surface area contributed by atoms with Crippen LogP contribution >= 0.6 is 23.4 Å². The molecule has 1 unspecified atom stereocenters. The predicted octanol–water partition coefficient (Wildman–Crippen LogP) is 5.17. The SMILES string of the molecule is CCNC(C)c1ccc(Sc2cccc(OC)c2)cc1Cl. The fraction of sp³-hybridized carbons (Fsp3) is 0.294. The average molecular weight is 322 g/mol. The van der Waals surface area contributed by atoms with Gasteiger partial charge in [-0.3, -0.25) is 0 Å². The standard InChI is InChI=1S/C17H20ClNOS/c1-4-19-12(2)16-9-8-15(11-17(16)18)21-14-7-5-6-13(10-14)20-3/h5-12,19H,4H2,1-3H3. The van der Waals surface area contributed by atoms with Crippen LogP contribution in [0.1, 0.15) is 25.5 Å². The van der Waals surface area contributed by atoms with Gasteiger partial charge in [-0.05, 0) is 49.4 Å². The molecule has 4 heteroatoms. The second-order valence-electron chi connectivity index (χ2n) is 4.74. The highest BCUT2D eigenvalue weighted by atomic mass is 35.5. The summed E-state index contributed by atoms with van der Waals surface area (Å²) < 4.78 is 5.25. The Kier molecular flexibility index (Phi) is 5.97. The van der Waals surface area contributed by atoms with Gasteiger partial charge in [0.05, 0.1) is 7.11 Å². The van der Waals surface area contributed by atoms with Gasteiger partial charge in [-0.25, -0.2) is 0 Å². The largest absolute Gasteiger partial charge is 0.497 e. The van der Waals surface area contributed by atoms with Crippen molar-refractivity contribution in [2.45, 2.75) is 29.7 Å². The van der Waals surface area contributed by atoms with E-state index < -0.39 is 0 Å². The van der Waals surface area contributed by atoms with Crippen LogP contribution in [0.3, 0.4) is 0 Å². The van der Waals surface area contributed by atoms with E-state index >= 15 is 0 Å². The number of benzene rings is 2. The molecular weight excluding hydrogens is 302 g/mol. The van der Waals surface area contributed by atoms with Crippen molar-refractivity contribution >= 4 is 23.4 Å². The molecule has 0 saturated heterocycles. The molecule has 0 aliphatic heterocycles. The van der Waals surface area contributed by atoms with E-state index in [0.29, 0.717) is 0 Å². The molecular formula is C17H20ClNOS. The average Bonchev–Trinajstić information content (AvgIpc) is 2.47. The molecule has 2 rings (SSSR count). The van der Waals surface area contributed by atoms with Gasteiger partial charge in [-0.1, -0.05) is 42.4 Å². The van der Waals surface area contributed by atoms with Gasteiger partial charge >= 0.3 is 0 Å². The van der Waals surface area contributed by atoms with Crippen LogP contribution in [0.25, 0.3) is 0 Å². The molecule has 0 radical (unpaired) electrons. The van der Waals surface area contributed by atoms with Crippen molar-refractivity contribution in [3.05, 3.63) is 53.1 Å². The summed E-state index contributed by atoms with van der Waals surface area (Å²) in [5, 5.41) is 4.18. The third-order valence-electron chi connectivity index (χ3n) is 3.23. The Morgan fingerprint density at radius 3 is 2.62 bits per heavy atom. The maximum atomic E-state index is 6.41. The third kappa shape index (κ3) is 4.40. The van der Waals surface area contributed by atoms with E-state index in [4.69, 9.17) is 16.3 Å². The van der Waals surface area contributed by atoms with Crippen LogP contribution in [0, 0.1) is 0 Å². The highest BCUT2D eigenvalue weighted by Gasteiger charge is 2.09. The Morgan fingerprint density at radius 2 is 1.95 bits per heavy atom. The molecule has 2 nitrogen and oxygen atoms in total. The Labute approximate surface area is 135 Å². The van der Waals surface area contributed by atoms with Crippen molar-refractivity contribution < 1.29 is 4.74 Å². The molecule has 0 aromatic heterocycles. The lowest BCUT2D eigenvalue weighted by molar-refractivity contribution is 0.413. The smallest absolute Gasteiger partial charge is 0.119 e. The Bertz CT molecular complexity index is 603. The van der Waals surface area contributed by atoms with Crippen LogP contribution < -0.4 is 10.1 Å². The molecule has 0 bridgehead atoms. The quantitative estimate of drug-likeness (QED) is 0.793. The minimum atomic E-state index is 0.262. The highest BCUT2D eigenvalue weighted by molar-refractivity contribution is 7.99. The maximum Gasteiger partial charge on any atom is 0.119 e. The van der Waals surface area contributed by atoms with Crippen LogP contribution in [-0.4, -0.2) is 13.7 Å². The Balaban J connectivity index is 2.16. The van der Waals surface area contributed by atoms with Gasteiger partial charge in [-0.15, -0.1) is 0 Å². The molecule has 1 N–H and O–H groups in total. The zero-order valence-corrected chi connectivity index (χ0v) is 14.1. The minimum Gasteiger partial charge on any atom is -0.497 e. The van der Waals surface area contributed by atoms with Crippen LogP contribution in [0.2, 0.25) is 5.02 Å². The highest BCUT2D eigenvalue weighted by Crippen LogP contribution is 2.33. The van der Waals surface area contributed by atoms with Crippen molar-refractivity contribution in [1.29, 1.82) is 0 Å². The summed E-state index contributed by atoms with van der Waals surface area (Å²) in [7, 11) is 1.68.